The summed E-state index contributed by atoms with van der Waals surface area (Å²) in [5, 5.41) is 1.21. The summed E-state index contributed by atoms with van der Waals surface area (Å²) < 4.78 is 35.9. The third-order valence-electron chi connectivity index (χ3n) is 7.41. The predicted octanol–water partition coefficient (Wildman–Crippen LogP) is 6.61. The van der Waals surface area contributed by atoms with Gasteiger partial charge in [-0.25, -0.2) is 8.42 Å². The summed E-state index contributed by atoms with van der Waals surface area (Å²) in [7, 11) is -1.85. The van der Waals surface area contributed by atoms with Gasteiger partial charge in [0.25, 0.3) is 0 Å². The molecule has 0 unspecified atom stereocenters. The number of fused-ring (bicyclic) bond motifs is 1. The molecule has 2 heterocycles. The number of para-hydroxylation sites is 1. The van der Waals surface area contributed by atoms with Crippen molar-refractivity contribution >= 4 is 26.5 Å². The largest absolute Gasteiger partial charge is 0.497 e. The minimum atomic E-state index is -3.53. The highest BCUT2D eigenvalue weighted by atomic mass is 32.2. The van der Waals surface area contributed by atoms with E-state index in [1.54, 1.807) is 23.5 Å². The van der Waals surface area contributed by atoms with Gasteiger partial charge >= 0.3 is 0 Å². The topological polar surface area (TPSA) is 51.5 Å². The minimum absolute atomic E-state index is 0.362. The molecule has 5 nitrogen and oxygen atoms in total. The molecular weight excluding hydrogens is 480 g/mol. The number of methoxy groups -OCH3 is 1. The third-order valence-corrected chi connectivity index (χ3v) is 9.29. The van der Waals surface area contributed by atoms with E-state index in [1.807, 2.05) is 24.3 Å². The monoisotopic (exact) mass is 514 g/mol. The number of aromatic nitrogens is 1. The van der Waals surface area contributed by atoms with Gasteiger partial charge in [0.05, 0.1) is 12.0 Å². The van der Waals surface area contributed by atoms with E-state index in [4.69, 9.17) is 4.74 Å². The van der Waals surface area contributed by atoms with Crippen molar-refractivity contribution in [3.63, 3.8) is 0 Å². The van der Waals surface area contributed by atoms with Crippen LogP contribution >= 0.6 is 0 Å². The first-order valence-corrected chi connectivity index (χ1v) is 14.2. The summed E-state index contributed by atoms with van der Waals surface area (Å²) in [6.07, 6.45) is 2.77. The molecule has 0 aliphatic carbocycles. The van der Waals surface area contributed by atoms with Crippen LogP contribution in [-0.4, -0.2) is 37.5 Å². The Morgan fingerprint density at radius 2 is 1.65 bits per heavy atom. The predicted molar refractivity (Wildman–Crippen MR) is 151 cm³/mol. The van der Waals surface area contributed by atoms with Crippen molar-refractivity contribution in [2.24, 2.45) is 0 Å². The van der Waals surface area contributed by atoms with Crippen molar-refractivity contribution in [3.05, 3.63) is 101 Å². The molecule has 0 N–H and O–H groups in total. The zero-order chi connectivity index (χ0) is 26.2. The maximum atomic E-state index is 13.3. The zero-order valence-electron chi connectivity index (χ0n) is 21.9. The molecule has 37 heavy (non-hydrogen) atoms. The lowest BCUT2D eigenvalue weighted by molar-refractivity contribution is 0.414. The van der Waals surface area contributed by atoms with Gasteiger partial charge in [0.15, 0.2) is 0 Å². The summed E-state index contributed by atoms with van der Waals surface area (Å²) in [6, 6.07) is 24.0. The summed E-state index contributed by atoms with van der Waals surface area (Å²) in [4.78, 5) is 0.362. The zero-order valence-corrected chi connectivity index (χ0v) is 22.8. The van der Waals surface area contributed by atoms with E-state index in [9.17, 15) is 8.42 Å². The van der Waals surface area contributed by atoms with Crippen LogP contribution in [0.15, 0.2) is 83.8 Å². The van der Waals surface area contributed by atoms with Crippen LogP contribution in [0.1, 0.15) is 48.6 Å². The molecule has 192 valence electrons. The Morgan fingerprint density at radius 1 is 0.946 bits per heavy atom. The van der Waals surface area contributed by atoms with Crippen molar-refractivity contribution in [1.82, 2.24) is 8.87 Å². The number of hydrogen-bond donors (Lipinski definition) is 0. The molecule has 0 amide bonds. The Labute approximate surface area is 220 Å². The number of hydrogen-bond acceptors (Lipinski definition) is 3. The van der Waals surface area contributed by atoms with Crippen LogP contribution in [-0.2, 0) is 16.6 Å². The summed E-state index contributed by atoms with van der Waals surface area (Å²) in [6.45, 7) is 7.99. The Hall–Kier alpha value is -3.35. The molecule has 0 saturated carbocycles. The highest BCUT2D eigenvalue weighted by Gasteiger charge is 2.28. The normalized spacial score (nSPS) is 14.8. The number of rotatable bonds is 7. The van der Waals surface area contributed by atoms with Gasteiger partial charge in [-0.15, -0.1) is 0 Å². The highest BCUT2D eigenvalue weighted by Crippen LogP contribution is 2.36. The molecule has 1 aliphatic rings. The van der Waals surface area contributed by atoms with E-state index in [2.05, 4.69) is 67.8 Å². The molecule has 0 atom stereocenters. The second-order valence-electron chi connectivity index (χ2n) is 9.98. The summed E-state index contributed by atoms with van der Waals surface area (Å²) >= 11 is 0. The lowest BCUT2D eigenvalue weighted by atomic mass is 9.97. The maximum Gasteiger partial charge on any atom is 0.243 e. The van der Waals surface area contributed by atoms with Gasteiger partial charge in [0.2, 0.25) is 10.0 Å². The van der Waals surface area contributed by atoms with E-state index >= 15 is 0 Å². The number of benzene rings is 3. The van der Waals surface area contributed by atoms with E-state index in [-0.39, 0.29) is 0 Å². The van der Waals surface area contributed by atoms with Crippen molar-refractivity contribution < 1.29 is 13.2 Å². The first kappa shape index (κ1) is 25.3. The molecule has 1 aliphatic heterocycles. The highest BCUT2D eigenvalue weighted by molar-refractivity contribution is 7.89. The minimum Gasteiger partial charge on any atom is -0.497 e. The van der Waals surface area contributed by atoms with Gasteiger partial charge in [-0.3, -0.25) is 0 Å². The Kier molecular flexibility index (Phi) is 6.97. The van der Waals surface area contributed by atoms with Crippen molar-refractivity contribution in [2.45, 2.75) is 44.6 Å². The fourth-order valence-corrected chi connectivity index (χ4v) is 6.60. The van der Waals surface area contributed by atoms with E-state index < -0.39 is 10.0 Å². The van der Waals surface area contributed by atoms with Gasteiger partial charge in [-0.1, -0.05) is 62.4 Å². The van der Waals surface area contributed by atoms with Crippen LogP contribution in [0.25, 0.3) is 16.5 Å². The fourth-order valence-electron chi connectivity index (χ4n) is 5.22. The molecule has 0 bridgehead atoms. The van der Waals surface area contributed by atoms with Crippen LogP contribution in [0, 0.1) is 6.92 Å². The fraction of sp³-hybridized carbons (Fsp3) is 0.290. The van der Waals surface area contributed by atoms with E-state index in [0.717, 1.165) is 17.9 Å². The van der Waals surface area contributed by atoms with Crippen LogP contribution < -0.4 is 4.74 Å². The van der Waals surface area contributed by atoms with Crippen molar-refractivity contribution in [2.75, 3.05) is 20.2 Å². The quantitative estimate of drug-likeness (QED) is 0.279. The smallest absolute Gasteiger partial charge is 0.243 e. The molecule has 0 spiro atoms. The molecular formula is C31H34N2O3S. The van der Waals surface area contributed by atoms with Crippen molar-refractivity contribution in [3.8, 4) is 5.75 Å². The standard InChI is InChI=1S/C31H34N2O3S/c1-22(2)25-11-15-28(16-12-25)37(34,35)32-19-17-26(18-20-32)31-23(3)33(30-8-6-5-7-29(30)31)21-24-9-13-27(36-4)14-10-24/h5-17,22H,18-21H2,1-4H3. The summed E-state index contributed by atoms with van der Waals surface area (Å²) in [5.74, 6) is 1.22. The third kappa shape index (κ3) is 4.83. The van der Waals surface area contributed by atoms with Crippen LogP contribution in [0.4, 0.5) is 0 Å². The van der Waals surface area contributed by atoms with Gasteiger partial charge in [0, 0.05) is 41.8 Å². The van der Waals surface area contributed by atoms with Gasteiger partial charge in [-0.05, 0) is 66.3 Å². The SMILES string of the molecule is COc1ccc(Cn2c(C)c(C3=CCN(S(=O)(=O)c4ccc(C(C)C)cc4)CC3)c3ccccc32)cc1. The Morgan fingerprint density at radius 3 is 2.27 bits per heavy atom. The second-order valence-corrected chi connectivity index (χ2v) is 11.9. The molecule has 1 aromatic heterocycles. The van der Waals surface area contributed by atoms with Crippen LogP contribution in [0.3, 0.4) is 0 Å². The average Bonchev–Trinajstić information content (AvgIpc) is 3.20. The number of nitrogens with zero attached hydrogens (tertiary/aromatic N) is 2. The molecule has 5 rings (SSSR count). The summed E-state index contributed by atoms with van der Waals surface area (Å²) in [5.41, 5.74) is 7.16. The van der Waals surface area contributed by atoms with Gasteiger partial charge in [-0.2, -0.15) is 4.31 Å². The van der Waals surface area contributed by atoms with Gasteiger partial charge in [0.1, 0.15) is 5.75 Å². The number of ether oxygens (including phenoxy) is 1. The van der Waals surface area contributed by atoms with Gasteiger partial charge < -0.3 is 9.30 Å². The van der Waals surface area contributed by atoms with Crippen molar-refractivity contribution in [1.29, 1.82) is 0 Å². The Balaban J connectivity index is 1.44. The van der Waals surface area contributed by atoms with E-state index in [1.165, 1.54) is 33.3 Å². The Bertz CT molecular complexity index is 1550. The van der Waals surface area contributed by atoms with E-state index in [0.29, 0.717) is 30.3 Å². The lowest BCUT2D eigenvalue weighted by Gasteiger charge is -2.26. The molecule has 0 radical (unpaired) electrons. The molecule has 0 saturated heterocycles. The average molecular weight is 515 g/mol. The first-order chi connectivity index (χ1) is 17.8. The van der Waals surface area contributed by atoms with Crippen LogP contribution in [0.5, 0.6) is 5.75 Å². The molecule has 0 fully saturated rings. The second kappa shape index (κ2) is 10.2. The molecule has 6 heteroatoms. The first-order valence-electron chi connectivity index (χ1n) is 12.8. The molecule has 3 aromatic carbocycles. The van der Waals surface area contributed by atoms with Crippen LogP contribution in [0.2, 0.25) is 0 Å². The molecule has 4 aromatic rings. The lowest BCUT2D eigenvalue weighted by Crippen LogP contribution is -2.34. The maximum absolute atomic E-state index is 13.3. The number of sulfonamides is 1.